The third kappa shape index (κ3) is 5.04. The summed E-state index contributed by atoms with van der Waals surface area (Å²) in [4.78, 5) is 23.2. The maximum absolute atomic E-state index is 11.6. The summed E-state index contributed by atoms with van der Waals surface area (Å²) in [6.07, 6.45) is 6.23. The van der Waals surface area contributed by atoms with E-state index < -0.39 is 11.8 Å². The minimum atomic E-state index is -0.559. The van der Waals surface area contributed by atoms with Gasteiger partial charge < -0.3 is 15.4 Å². The van der Waals surface area contributed by atoms with Crippen LogP contribution in [0, 0.1) is 0 Å². The van der Waals surface area contributed by atoms with E-state index in [2.05, 4.69) is 10.6 Å². The minimum Gasteiger partial charge on any atom is -0.380 e. The van der Waals surface area contributed by atoms with E-state index in [4.69, 9.17) is 4.74 Å². The van der Waals surface area contributed by atoms with Crippen LogP contribution in [0.3, 0.4) is 0 Å². The van der Waals surface area contributed by atoms with Crippen LogP contribution in [0.15, 0.2) is 0 Å². The molecule has 1 aliphatic rings. The maximum Gasteiger partial charge on any atom is 0.309 e. The minimum absolute atomic E-state index is 0.0311. The molecular weight excluding hydrogens is 232 g/mol. The number of carbonyl (C=O) groups excluding carboxylic acids is 2. The van der Waals surface area contributed by atoms with Crippen molar-refractivity contribution >= 4 is 11.8 Å². The van der Waals surface area contributed by atoms with E-state index in [1.165, 1.54) is 6.42 Å². The third-order valence-corrected chi connectivity index (χ3v) is 3.43. The van der Waals surface area contributed by atoms with Crippen molar-refractivity contribution in [3.05, 3.63) is 0 Å². The largest absolute Gasteiger partial charge is 0.380 e. The molecule has 1 rings (SSSR count). The number of amides is 2. The zero-order valence-corrected chi connectivity index (χ0v) is 11.3. The molecular formula is C13H24N2O3. The maximum atomic E-state index is 11.6. The van der Waals surface area contributed by atoms with Crippen LogP contribution in [0.25, 0.3) is 0 Å². The summed E-state index contributed by atoms with van der Waals surface area (Å²) in [7, 11) is 1.60. The SMILES string of the molecule is CCC(CNC(=O)C(=O)NC1CCCCC1)OC. The van der Waals surface area contributed by atoms with E-state index in [0.717, 1.165) is 32.1 Å². The average Bonchev–Trinajstić information content (AvgIpc) is 2.40. The quantitative estimate of drug-likeness (QED) is 0.720. The fraction of sp³-hybridized carbons (Fsp3) is 0.846. The molecule has 0 aromatic rings. The van der Waals surface area contributed by atoms with Gasteiger partial charge in [0.1, 0.15) is 0 Å². The molecule has 1 aliphatic carbocycles. The smallest absolute Gasteiger partial charge is 0.309 e. The first-order chi connectivity index (χ1) is 8.67. The number of hydrogen-bond acceptors (Lipinski definition) is 3. The zero-order chi connectivity index (χ0) is 13.4. The lowest BCUT2D eigenvalue weighted by molar-refractivity contribution is -0.140. The molecule has 5 heteroatoms. The third-order valence-electron chi connectivity index (χ3n) is 3.43. The van der Waals surface area contributed by atoms with Gasteiger partial charge in [0.25, 0.3) is 0 Å². The number of rotatable bonds is 5. The summed E-state index contributed by atoms with van der Waals surface area (Å²) < 4.78 is 5.13. The molecule has 2 amide bonds. The van der Waals surface area contributed by atoms with Gasteiger partial charge >= 0.3 is 11.8 Å². The van der Waals surface area contributed by atoms with Gasteiger partial charge in [0, 0.05) is 19.7 Å². The van der Waals surface area contributed by atoms with Gasteiger partial charge in [-0.05, 0) is 19.3 Å². The first-order valence-corrected chi connectivity index (χ1v) is 6.78. The Labute approximate surface area is 109 Å². The van der Waals surface area contributed by atoms with E-state index in [1.807, 2.05) is 6.92 Å². The lowest BCUT2D eigenvalue weighted by Crippen LogP contribution is -2.46. The summed E-state index contributed by atoms with van der Waals surface area (Å²) in [5.74, 6) is -1.08. The molecule has 0 radical (unpaired) electrons. The standard InChI is InChI=1S/C13H24N2O3/c1-3-11(18-2)9-14-12(16)13(17)15-10-7-5-4-6-8-10/h10-11H,3-9H2,1-2H3,(H,14,16)(H,15,17). The Morgan fingerprint density at radius 1 is 1.22 bits per heavy atom. The molecule has 5 nitrogen and oxygen atoms in total. The number of ether oxygens (including phenoxy) is 1. The topological polar surface area (TPSA) is 67.4 Å². The van der Waals surface area contributed by atoms with Crippen molar-refractivity contribution in [3.63, 3.8) is 0 Å². The highest BCUT2D eigenvalue weighted by Crippen LogP contribution is 2.17. The molecule has 1 saturated carbocycles. The normalized spacial score (nSPS) is 18.1. The van der Waals surface area contributed by atoms with Crippen LogP contribution in [0.1, 0.15) is 45.4 Å². The van der Waals surface area contributed by atoms with Crippen molar-refractivity contribution in [2.75, 3.05) is 13.7 Å². The molecule has 0 bridgehead atoms. The molecule has 0 spiro atoms. The van der Waals surface area contributed by atoms with Crippen LogP contribution in [0.5, 0.6) is 0 Å². The lowest BCUT2D eigenvalue weighted by atomic mass is 9.95. The Hall–Kier alpha value is -1.10. The van der Waals surface area contributed by atoms with Gasteiger partial charge in [-0.2, -0.15) is 0 Å². The number of carbonyl (C=O) groups is 2. The second kappa shape index (κ2) is 8.08. The molecule has 18 heavy (non-hydrogen) atoms. The molecule has 2 N–H and O–H groups in total. The van der Waals surface area contributed by atoms with Gasteiger partial charge in [-0.15, -0.1) is 0 Å². The number of nitrogens with one attached hydrogen (secondary N) is 2. The average molecular weight is 256 g/mol. The summed E-state index contributed by atoms with van der Waals surface area (Å²) in [6.45, 7) is 2.35. The zero-order valence-electron chi connectivity index (χ0n) is 11.3. The predicted octanol–water partition coefficient (Wildman–Crippen LogP) is 0.976. The Kier molecular flexibility index (Phi) is 6.72. The van der Waals surface area contributed by atoms with Crippen molar-refractivity contribution in [3.8, 4) is 0 Å². The fourth-order valence-corrected chi connectivity index (χ4v) is 2.18. The van der Waals surface area contributed by atoms with Gasteiger partial charge in [0.05, 0.1) is 6.10 Å². The highest BCUT2D eigenvalue weighted by molar-refractivity contribution is 6.35. The molecule has 1 atom stereocenters. The van der Waals surface area contributed by atoms with E-state index in [-0.39, 0.29) is 12.1 Å². The van der Waals surface area contributed by atoms with Crippen molar-refractivity contribution in [2.45, 2.75) is 57.6 Å². The summed E-state index contributed by atoms with van der Waals surface area (Å²) in [5.41, 5.74) is 0. The molecule has 104 valence electrons. The summed E-state index contributed by atoms with van der Waals surface area (Å²) in [6, 6.07) is 0.168. The van der Waals surface area contributed by atoms with Crippen LogP contribution in [-0.4, -0.2) is 37.6 Å². The molecule has 0 aromatic heterocycles. The molecule has 1 unspecified atom stereocenters. The van der Waals surface area contributed by atoms with Gasteiger partial charge in [-0.1, -0.05) is 26.2 Å². The van der Waals surface area contributed by atoms with Crippen LogP contribution in [0.2, 0.25) is 0 Å². The monoisotopic (exact) mass is 256 g/mol. The van der Waals surface area contributed by atoms with E-state index >= 15 is 0 Å². The summed E-state index contributed by atoms with van der Waals surface area (Å²) in [5, 5.41) is 5.38. The van der Waals surface area contributed by atoms with Crippen molar-refractivity contribution in [1.82, 2.24) is 10.6 Å². The molecule has 0 heterocycles. The number of hydrogen-bond donors (Lipinski definition) is 2. The van der Waals surface area contributed by atoms with Crippen LogP contribution in [-0.2, 0) is 14.3 Å². The Morgan fingerprint density at radius 2 is 1.89 bits per heavy atom. The molecule has 0 aliphatic heterocycles. The molecule has 1 fully saturated rings. The molecule has 0 aromatic carbocycles. The Morgan fingerprint density at radius 3 is 2.44 bits per heavy atom. The van der Waals surface area contributed by atoms with Gasteiger partial charge in [0.2, 0.25) is 0 Å². The first kappa shape index (κ1) is 15.0. The van der Waals surface area contributed by atoms with E-state index in [9.17, 15) is 9.59 Å². The van der Waals surface area contributed by atoms with E-state index in [0.29, 0.717) is 6.54 Å². The van der Waals surface area contributed by atoms with Crippen LogP contribution in [0.4, 0.5) is 0 Å². The predicted molar refractivity (Wildman–Crippen MR) is 69.1 cm³/mol. The van der Waals surface area contributed by atoms with Gasteiger partial charge in [0.15, 0.2) is 0 Å². The second-order valence-corrected chi connectivity index (χ2v) is 4.78. The van der Waals surface area contributed by atoms with Gasteiger partial charge in [-0.3, -0.25) is 9.59 Å². The van der Waals surface area contributed by atoms with Gasteiger partial charge in [-0.25, -0.2) is 0 Å². The number of methoxy groups -OCH3 is 1. The van der Waals surface area contributed by atoms with Crippen molar-refractivity contribution < 1.29 is 14.3 Å². The Bertz CT molecular complexity index is 271. The van der Waals surface area contributed by atoms with Crippen LogP contribution >= 0.6 is 0 Å². The lowest BCUT2D eigenvalue weighted by Gasteiger charge is -2.22. The van der Waals surface area contributed by atoms with Crippen molar-refractivity contribution in [2.24, 2.45) is 0 Å². The highest BCUT2D eigenvalue weighted by Gasteiger charge is 2.20. The summed E-state index contributed by atoms with van der Waals surface area (Å²) >= 11 is 0. The fourth-order valence-electron chi connectivity index (χ4n) is 2.18. The Balaban J connectivity index is 2.25. The second-order valence-electron chi connectivity index (χ2n) is 4.78. The molecule has 0 saturated heterocycles. The van der Waals surface area contributed by atoms with E-state index in [1.54, 1.807) is 7.11 Å². The van der Waals surface area contributed by atoms with Crippen molar-refractivity contribution in [1.29, 1.82) is 0 Å². The highest BCUT2D eigenvalue weighted by atomic mass is 16.5. The first-order valence-electron chi connectivity index (χ1n) is 6.78. The van der Waals surface area contributed by atoms with Crippen LogP contribution < -0.4 is 10.6 Å².